The molecule has 0 bridgehead atoms. The van der Waals surface area contributed by atoms with Crippen molar-refractivity contribution in [3.05, 3.63) is 41.5 Å². The van der Waals surface area contributed by atoms with Crippen molar-refractivity contribution in [3.63, 3.8) is 0 Å². The number of morpholine rings is 1. The molecular formula is C22H25FN8O. The lowest BCUT2D eigenvalue weighted by Crippen LogP contribution is -2.44. The first kappa shape index (κ1) is 20.4. The van der Waals surface area contributed by atoms with Crippen LogP contribution < -0.4 is 10.2 Å². The lowest BCUT2D eigenvalue weighted by atomic mass is 10.1. The third-order valence-corrected chi connectivity index (χ3v) is 5.79. The normalized spacial score (nSPS) is 16.7. The van der Waals surface area contributed by atoms with Gasteiger partial charge in [0.2, 0.25) is 11.9 Å². The van der Waals surface area contributed by atoms with Crippen LogP contribution in [0.5, 0.6) is 0 Å². The highest BCUT2D eigenvalue weighted by atomic mass is 19.1. The molecule has 0 saturated carbocycles. The van der Waals surface area contributed by atoms with Crippen molar-refractivity contribution in [2.75, 3.05) is 37.0 Å². The van der Waals surface area contributed by atoms with E-state index >= 15 is 0 Å². The fraction of sp³-hybridized carbons (Fsp3) is 0.364. The molecule has 32 heavy (non-hydrogen) atoms. The van der Waals surface area contributed by atoms with Gasteiger partial charge in [-0.1, -0.05) is 0 Å². The Kier molecular flexibility index (Phi) is 5.01. The Morgan fingerprint density at radius 1 is 1.19 bits per heavy atom. The predicted octanol–water partition coefficient (Wildman–Crippen LogP) is 3.23. The van der Waals surface area contributed by atoms with Crippen LogP contribution in [0, 0.1) is 19.7 Å². The molecule has 4 heterocycles. The summed E-state index contributed by atoms with van der Waals surface area (Å²) >= 11 is 0. The summed E-state index contributed by atoms with van der Waals surface area (Å²) in [7, 11) is 1.77. The second-order valence-corrected chi connectivity index (χ2v) is 7.99. The third kappa shape index (κ3) is 3.36. The number of ether oxygens (including phenoxy) is 1. The fourth-order valence-electron chi connectivity index (χ4n) is 4.22. The number of nitrogens with zero attached hydrogens (tertiary/aromatic N) is 6. The van der Waals surface area contributed by atoms with Crippen molar-refractivity contribution in [2.24, 2.45) is 0 Å². The number of halogens is 1. The minimum atomic E-state index is -0.341. The maximum absolute atomic E-state index is 13.8. The molecule has 1 aliphatic heterocycles. The summed E-state index contributed by atoms with van der Waals surface area (Å²) < 4.78 is 21.3. The van der Waals surface area contributed by atoms with Crippen LogP contribution in [-0.2, 0) is 4.74 Å². The number of aryl methyl sites for hydroxylation is 2. The maximum Gasteiger partial charge on any atom is 0.239 e. The molecule has 5 rings (SSSR count). The molecule has 0 amide bonds. The molecule has 1 aromatic carbocycles. The molecule has 0 unspecified atom stereocenters. The monoisotopic (exact) mass is 436 g/mol. The number of anilines is 2. The van der Waals surface area contributed by atoms with Crippen molar-refractivity contribution in [1.82, 2.24) is 29.7 Å². The summed E-state index contributed by atoms with van der Waals surface area (Å²) in [5.41, 5.74) is 4.74. The van der Waals surface area contributed by atoms with Crippen LogP contribution in [0.3, 0.4) is 0 Å². The molecule has 0 spiro atoms. The Labute approximate surface area is 184 Å². The van der Waals surface area contributed by atoms with Crippen molar-refractivity contribution in [1.29, 1.82) is 0 Å². The van der Waals surface area contributed by atoms with Crippen molar-refractivity contribution < 1.29 is 9.13 Å². The number of aromatic nitrogens is 6. The van der Waals surface area contributed by atoms with Crippen molar-refractivity contribution in [3.8, 4) is 17.2 Å². The van der Waals surface area contributed by atoms with Gasteiger partial charge in [0.15, 0.2) is 0 Å². The molecule has 4 aromatic rings. The Morgan fingerprint density at radius 2 is 2.03 bits per heavy atom. The van der Waals surface area contributed by atoms with Crippen LogP contribution in [0.2, 0.25) is 0 Å². The molecule has 1 atom stereocenters. The van der Waals surface area contributed by atoms with Crippen molar-refractivity contribution >= 4 is 22.8 Å². The Balaban J connectivity index is 1.76. The second-order valence-electron chi connectivity index (χ2n) is 7.99. The zero-order chi connectivity index (χ0) is 22.4. The zero-order valence-corrected chi connectivity index (χ0v) is 18.5. The van der Waals surface area contributed by atoms with E-state index in [1.54, 1.807) is 13.1 Å². The minimum absolute atomic E-state index is 0.170. The SMILES string of the molecule is CNc1nc2cc(F)ccc2n1-c1nc(-c2c(C)n[nH]c2C)cc(N2CCOC[C@H]2C)n1. The summed E-state index contributed by atoms with van der Waals surface area (Å²) in [5.74, 6) is 1.44. The third-order valence-electron chi connectivity index (χ3n) is 5.79. The first-order chi connectivity index (χ1) is 15.5. The molecule has 1 saturated heterocycles. The van der Waals surface area contributed by atoms with Crippen LogP contribution >= 0.6 is 0 Å². The van der Waals surface area contributed by atoms with Gasteiger partial charge in [-0.15, -0.1) is 0 Å². The molecule has 1 aliphatic rings. The lowest BCUT2D eigenvalue weighted by Gasteiger charge is -2.34. The molecule has 2 N–H and O–H groups in total. The Hall–Kier alpha value is -3.53. The number of nitrogens with one attached hydrogen (secondary N) is 2. The Morgan fingerprint density at radius 3 is 2.75 bits per heavy atom. The average Bonchev–Trinajstić information content (AvgIpc) is 3.32. The number of fused-ring (bicyclic) bond motifs is 1. The topological polar surface area (TPSA) is 96.8 Å². The van der Waals surface area contributed by atoms with E-state index in [1.807, 2.05) is 24.5 Å². The van der Waals surface area contributed by atoms with E-state index in [0.29, 0.717) is 30.6 Å². The molecule has 0 radical (unpaired) electrons. The van der Waals surface area contributed by atoms with Crippen LogP contribution in [0.15, 0.2) is 24.3 Å². The van der Waals surface area contributed by atoms with E-state index in [0.717, 1.165) is 40.5 Å². The second kappa shape index (κ2) is 7.86. The number of aromatic amines is 1. The average molecular weight is 436 g/mol. The summed E-state index contributed by atoms with van der Waals surface area (Å²) in [6.07, 6.45) is 0. The number of benzene rings is 1. The van der Waals surface area contributed by atoms with Gasteiger partial charge in [-0.3, -0.25) is 5.10 Å². The van der Waals surface area contributed by atoms with E-state index in [-0.39, 0.29) is 11.9 Å². The Bertz CT molecular complexity index is 1280. The highest BCUT2D eigenvalue weighted by molar-refractivity contribution is 5.81. The molecule has 10 heteroatoms. The summed E-state index contributed by atoms with van der Waals surface area (Å²) in [6, 6.07) is 6.68. The van der Waals surface area contributed by atoms with Gasteiger partial charge < -0.3 is 15.0 Å². The molecule has 9 nitrogen and oxygen atoms in total. The van der Waals surface area contributed by atoms with Crippen LogP contribution in [0.25, 0.3) is 28.2 Å². The molecular weight excluding hydrogens is 411 g/mol. The van der Waals surface area contributed by atoms with Crippen LogP contribution in [-0.4, -0.2) is 62.6 Å². The fourth-order valence-corrected chi connectivity index (χ4v) is 4.22. The van der Waals surface area contributed by atoms with Gasteiger partial charge in [0, 0.05) is 37.0 Å². The maximum atomic E-state index is 13.8. The van der Waals surface area contributed by atoms with E-state index < -0.39 is 0 Å². The zero-order valence-electron chi connectivity index (χ0n) is 18.5. The van der Waals surface area contributed by atoms with E-state index in [9.17, 15) is 4.39 Å². The van der Waals surface area contributed by atoms with Crippen molar-refractivity contribution in [2.45, 2.75) is 26.8 Å². The van der Waals surface area contributed by atoms with E-state index in [2.05, 4.69) is 32.3 Å². The van der Waals surface area contributed by atoms with Crippen LogP contribution in [0.1, 0.15) is 18.3 Å². The van der Waals surface area contributed by atoms with Gasteiger partial charge in [0.05, 0.1) is 41.7 Å². The highest BCUT2D eigenvalue weighted by Crippen LogP contribution is 2.31. The number of hydrogen-bond acceptors (Lipinski definition) is 7. The standard InChI is InChI=1S/C22H25FN8O/c1-12-11-32-8-7-30(12)19-10-17(20-13(2)28-29-14(20)3)26-22(27-19)31-18-6-5-15(23)9-16(18)25-21(31)24-4/h5-6,9-10,12H,7-8,11H2,1-4H3,(H,24,25)(H,28,29)/t12-/m1/s1. The first-order valence-electron chi connectivity index (χ1n) is 10.6. The van der Waals surface area contributed by atoms with Gasteiger partial charge in [0.1, 0.15) is 11.6 Å². The number of imidazole rings is 1. The minimum Gasteiger partial charge on any atom is -0.377 e. The number of hydrogen-bond donors (Lipinski definition) is 2. The highest BCUT2D eigenvalue weighted by Gasteiger charge is 2.24. The van der Waals surface area contributed by atoms with Gasteiger partial charge in [-0.25, -0.2) is 18.9 Å². The molecule has 0 aliphatic carbocycles. The van der Waals surface area contributed by atoms with Crippen LogP contribution in [0.4, 0.5) is 16.2 Å². The van der Waals surface area contributed by atoms with Gasteiger partial charge in [-0.2, -0.15) is 10.1 Å². The molecule has 3 aromatic heterocycles. The molecule has 166 valence electrons. The van der Waals surface area contributed by atoms with Gasteiger partial charge >= 0.3 is 0 Å². The van der Waals surface area contributed by atoms with E-state index in [4.69, 9.17) is 14.7 Å². The van der Waals surface area contributed by atoms with Gasteiger partial charge in [0.25, 0.3) is 0 Å². The summed E-state index contributed by atoms with van der Waals surface area (Å²) in [4.78, 5) is 16.6. The smallest absolute Gasteiger partial charge is 0.239 e. The van der Waals surface area contributed by atoms with Gasteiger partial charge in [-0.05, 0) is 32.9 Å². The largest absolute Gasteiger partial charge is 0.377 e. The molecule has 1 fully saturated rings. The number of rotatable bonds is 4. The van der Waals surface area contributed by atoms with E-state index in [1.165, 1.54) is 12.1 Å². The first-order valence-corrected chi connectivity index (χ1v) is 10.6. The summed E-state index contributed by atoms with van der Waals surface area (Å²) in [6.45, 7) is 8.04. The quantitative estimate of drug-likeness (QED) is 0.507. The predicted molar refractivity (Wildman–Crippen MR) is 121 cm³/mol. The lowest BCUT2D eigenvalue weighted by molar-refractivity contribution is 0.0985. The number of H-pyrrole nitrogens is 1. The summed E-state index contributed by atoms with van der Waals surface area (Å²) in [5, 5.41) is 10.5.